The Morgan fingerprint density at radius 2 is 1.67 bits per heavy atom. The van der Waals surface area contributed by atoms with Gasteiger partial charge in [-0.15, -0.1) is 0 Å². The van der Waals surface area contributed by atoms with Crippen molar-refractivity contribution in [1.82, 2.24) is 9.78 Å². The van der Waals surface area contributed by atoms with Gasteiger partial charge in [0.1, 0.15) is 23.0 Å². The van der Waals surface area contributed by atoms with E-state index in [1.54, 1.807) is 44.6 Å². The van der Waals surface area contributed by atoms with E-state index in [1.165, 1.54) is 16.8 Å². The molecule has 0 fully saturated rings. The third kappa shape index (κ3) is 4.57. The van der Waals surface area contributed by atoms with E-state index < -0.39 is 0 Å². The van der Waals surface area contributed by atoms with E-state index in [-0.39, 0.29) is 11.7 Å². The smallest absolute Gasteiger partial charge is 0.274 e. The van der Waals surface area contributed by atoms with Gasteiger partial charge in [-0.1, -0.05) is 6.07 Å². The van der Waals surface area contributed by atoms with Crippen LogP contribution in [-0.2, 0) is 0 Å². The number of nitrogens with zero attached hydrogens (tertiary/aromatic N) is 2. The Labute approximate surface area is 191 Å². The number of benzene rings is 3. The molecule has 7 heteroatoms. The number of methoxy groups -OCH3 is 2. The molecule has 0 aliphatic carbocycles. The molecule has 4 aromatic rings. The van der Waals surface area contributed by atoms with Crippen LogP contribution in [0.5, 0.6) is 11.5 Å². The van der Waals surface area contributed by atoms with Gasteiger partial charge in [-0.05, 0) is 79.6 Å². The molecule has 0 saturated carbocycles. The van der Waals surface area contributed by atoms with Gasteiger partial charge in [-0.3, -0.25) is 4.79 Å². The molecule has 0 aliphatic rings. The summed E-state index contributed by atoms with van der Waals surface area (Å²) in [6, 6.07) is 18.6. The quantitative estimate of drug-likeness (QED) is 0.422. The molecule has 0 unspecified atom stereocenters. The fourth-order valence-corrected chi connectivity index (χ4v) is 3.48. The first-order valence-corrected chi connectivity index (χ1v) is 10.4. The first kappa shape index (κ1) is 22.1. The van der Waals surface area contributed by atoms with E-state index >= 15 is 0 Å². The Hall–Kier alpha value is -4.13. The number of aryl methyl sites for hydroxylation is 2. The molecular formula is C26H24FN3O3. The molecule has 168 valence electrons. The zero-order chi connectivity index (χ0) is 23.5. The summed E-state index contributed by atoms with van der Waals surface area (Å²) < 4.78 is 25.8. The van der Waals surface area contributed by atoms with E-state index in [0.29, 0.717) is 39.8 Å². The van der Waals surface area contributed by atoms with Crippen molar-refractivity contribution in [2.45, 2.75) is 13.8 Å². The van der Waals surface area contributed by atoms with E-state index in [0.717, 1.165) is 11.1 Å². The number of halogens is 1. The van der Waals surface area contributed by atoms with E-state index in [2.05, 4.69) is 10.4 Å². The van der Waals surface area contributed by atoms with Crippen LogP contribution in [0.3, 0.4) is 0 Å². The van der Waals surface area contributed by atoms with Crippen LogP contribution in [0, 0.1) is 19.7 Å². The van der Waals surface area contributed by atoms with Crippen LogP contribution >= 0.6 is 0 Å². The SMILES string of the molecule is COc1ccc(-c2cc(C(=O)Nc3ccc(C)c(C)c3)n(-c3ccc(F)cc3)n2)c(OC)c1. The minimum Gasteiger partial charge on any atom is -0.497 e. The Morgan fingerprint density at radius 3 is 2.33 bits per heavy atom. The second-order valence-electron chi connectivity index (χ2n) is 7.62. The summed E-state index contributed by atoms with van der Waals surface area (Å²) >= 11 is 0. The van der Waals surface area contributed by atoms with Gasteiger partial charge in [0.25, 0.3) is 5.91 Å². The van der Waals surface area contributed by atoms with Gasteiger partial charge in [0.2, 0.25) is 0 Å². The third-order valence-electron chi connectivity index (χ3n) is 5.46. The molecule has 1 N–H and O–H groups in total. The highest BCUT2D eigenvalue weighted by atomic mass is 19.1. The monoisotopic (exact) mass is 445 g/mol. The van der Waals surface area contributed by atoms with Gasteiger partial charge in [-0.2, -0.15) is 5.10 Å². The molecule has 0 bridgehead atoms. The van der Waals surface area contributed by atoms with Crippen molar-refractivity contribution < 1.29 is 18.7 Å². The maximum absolute atomic E-state index is 13.5. The first-order chi connectivity index (χ1) is 15.9. The zero-order valence-electron chi connectivity index (χ0n) is 18.8. The van der Waals surface area contributed by atoms with Gasteiger partial charge in [0, 0.05) is 17.3 Å². The summed E-state index contributed by atoms with van der Waals surface area (Å²) in [5.74, 6) is 0.485. The molecule has 0 atom stereocenters. The lowest BCUT2D eigenvalue weighted by Crippen LogP contribution is -2.17. The van der Waals surface area contributed by atoms with E-state index in [4.69, 9.17) is 9.47 Å². The lowest BCUT2D eigenvalue weighted by atomic mass is 10.1. The van der Waals surface area contributed by atoms with E-state index in [9.17, 15) is 9.18 Å². The van der Waals surface area contributed by atoms with Gasteiger partial charge in [0.15, 0.2) is 0 Å². The number of ether oxygens (including phenoxy) is 2. The molecule has 6 nitrogen and oxygen atoms in total. The predicted molar refractivity (Wildman–Crippen MR) is 126 cm³/mol. The number of aromatic nitrogens is 2. The second-order valence-corrected chi connectivity index (χ2v) is 7.62. The van der Waals surface area contributed by atoms with Gasteiger partial charge in [0.05, 0.1) is 25.6 Å². The molecule has 33 heavy (non-hydrogen) atoms. The summed E-state index contributed by atoms with van der Waals surface area (Å²) in [7, 11) is 3.13. The fraction of sp³-hybridized carbons (Fsp3) is 0.154. The third-order valence-corrected chi connectivity index (χ3v) is 5.46. The van der Waals surface area contributed by atoms with E-state index in [1.807, 2.05) is 38.1 Å². The minimum absolute atomic E-state index is 0.299. The highest BCUT2D eigenvalue weighted by Gasteiger charge is 2.20. The lowest BCUT2D eigenvalue weighted by Gasteiger charge is -2.10. The van der Waals surface area contributed by atoms with Crippen LogP contribution in [0.2, 0.25) is 0 Å². The summed E-state index contributed by atoms with van der Waals surface area (Å²) in [6.45, 7) is 4.00. The first-order valence-electron chi connectivity index (χ1n) is 10.4. The molecule has 0 aliphatic heterocycles. The van der Waals surface area contributed by atoms with Gasteiger partial charge >= 0.3 is 0 Å². The molecule has 1 amide bonds. The predicted octanol–water partition coefficient (Wildman–Crippen LogP) is 5.56. The summed E-state index contributed by atoms with van der Waals surface area (Å²) in [6.07, 6.45) is 0. The number of carbonyl (C=O) groups is 1. The van der Waals surface area contributed by atoms with Crippen molar-refractivity contribution >= 4 is 11.6 Å². The number of rotatable bonds is 6. The number of carbonyl (C=O) groups excluding carboxylic acids is 1. The number of nitrogens with one attached hydrogen (secondary N) is 1. The second kappa shape index (κ2) is 9.16. The topological polar surface area (TPSA) is 65.4 Å². The average molecular weight is 445 g/mol. The van der Waals surface area contributed by atoms with Crippen LogP contribution in [0.15, 0.2) is 66.7 Å². The minimum atomic E-state index is -0.371. The molecule has 3 aromatic carbocycles. The van der Waals surface area contributed by atoms with Gasteiger partial charge in [-0.25, -0.2) is 9.07 Å². The van der Waals surface area contributed by atoms with Crippen LogP contribution in [-0.4, -0.2) is 29.9 Å². The van der Waals surface area contributed by atoms with Crippen molar-refractivity contribution in [3.63, 3.8) is 0 Å². The number of hydrogen-bond acceptors (Lipinski definition) is 4. The summed E-state index contributed by atoms with van der Waals surface area (Å²) in [4.78, 5) is 13.3. The van der Waals surface area contributed by atoms with Crippen molar-refractivity contribution in [2.75, 3.05) is 19.5 Å². The fourth-order valence-electron chi connectivity index (χ4n) is 3.48. The molecular weight excluding hydrogens is 421 g/mol. The van der Waals surface area contributed by atoms with Crippen LogP contribution in [0.1, 0.15) is 21.6 Å². The van der Waals surface area contributed by atoms with Crippen molar-refractivity contribution in [2.24, 2.45) is 0 Å². The molecule has 0 spiro atoms. The molecule has 0 saturated heterocycles. The normalized spacial score (nSPS) is 10.7. The number of hydrogen-bond donors (Lipinski definition) is 1. The average Bonchev–Trinajstić information content (AvgIpc) is 3.27. The number of amides is 1. The summed E-state index contributed by atoms with van der Waals surface area (Å²) in [5, 5.41) is 7.59. The highest BCUT2D eigenvalue weighted by Crippen LogP contribution is 2.33. The Morgan fingerprint density at radius 1 is 0.909 bits per heavy atom. The Balaban J connectivity index is 1.79. The van der Waals surface area contributed by atoms with Crippen molar-refractivity contribution in [3.05, 3.63) is 89.4 Å². The van der Waals surface area contributed by atoms with Crippen LogP contribution in [0.4, 0.5) is 10.1 Å². The standard InChI is InChI=1S/C26H24FN3O3/c1-16-5-8-19(13-17(16)2)28-26(31)24-15-23(22-12-11-21(32-3)14-25(22)33-4)29-30(24)20-9-6-18(27)7-10-20/h5-15H,1-4H3,(H,28,31). The van der Waals surface area contributed by atoms with Crippen molar-refractivity contribution in [1.29, 1.82) is 0 Å². The highest BCUT2D eigenvalue weighted by molar-refractivity contribution is 6.04. The number of anilines is 1. The van der Waals surface area contributed by atoms with Crippen LogP contribution in [0.25, 0.3) is 16.9 Å². The summed E-state index contributed by atoms with van der Waals surface area (Å²) in [5.41, 5.74) is 4.97. The van der Waals surface area contributed by atoms with Crippen LogP contribution < -0.4 is 14.8 Å². The maximum Gasteiger partial charge on any atom is 0.274 e. The lowest BCUT2D eigenvalue weighted by molar-refractivity contribution is 0.101. The molecule has 1 aromatic heterocycles. The molecule has 4 rings (SSSR count). The maximum atomic E-state index is 13.5. The zero-order valence-corrected chi connectivity index (χ0v) is 18.8. The Bertz CT molecular complexity index is 1310. The van der Waals surface area contributed by atoms with Crippen molar-refractivity contribution in [3.8, 4) is 28.4 Å². The van der Waals surface area contributed by atoms with Gasteiger partial charge < -0.3 is 14.8 Å². The molecule has 1 heterocycles. The molecule has 0 radical (unpaired) electrons. The largest absolute Gasteiger partial charge is 0.497 e. The Kier molecular flexibility index (Phi) is 6.13.